The predicted octanol–water partition coefficient (Wildman–Crippen LogP) is 6.07. The lowest BCUT2D eigenvalue weighted by molar-refractivity contribution is 0.0806. The Morgan fingerprint density at radius 1 is 0.882 bits per heavy atom. The molecule has 3 aliphatic rings. The summed E-state index contributed by atoms with van der Waals surface area (Å²) in [7, 11) is 0. The first-order valence-corrected chi connectivity index (χ1v) is 12.2. The van der Waals surface area contributed by atoms with E-state index in [1.165, 1.54) is 22.4 Å². The summed E-state index contributed by atoms with van der Waals surface area (Å²) < 4.78 is 5.80. The lowest BCUT2D eigenvalue weighted by atomic mass is 9.64. The number of nitrogens with zero attached hydrogens (tertiary/aromatic N) is 2. The highest BCUT2D eigenvalue weighted by molar-refractivity contribution is 5.73. The van der Waals surface area contributed by atoms with Gasteiger partial charge in [-0.05, 0) is 42.0 Å². The molecule has 0 bridgehead atoms. The van der Waals surface area contributed by atoms with Crippen molar-refractivity contribution >= 4 is 11.8 Å². The lowest BCUT2D eigenvalue weighted by Gasteiger charge is -2.46. The standard InChI is InChI=1S/C30H30N2O2/c1-22-18-27-30(16-17-31(27)29(33)34-21-24-12-6-3-7-13-24)25-14-8-9-15-26(25)32(28(30)19-22)20-23-10-4-2-5-11-23/h2-15,27-28H,1,16-21H2/t27-,28+,30-/m1/s1. The third-order valence-corrected chi connectivity index (χ3v) is 8.02. The number of benzene rings is 3. The molecule has 0 N–H and O–H groups in total. The molecule has 3 atom stereocenters. The van der Waals surface area contributed by atoms with Crippen LogP contribution in [0, 0.1) is 0 Å². The number of amides is 1. The molecule has 1 spiro atoms. The number of hydrogen-bond acceptors (Lipinski definition) is 3. The zero-order chi connectivity index (χ0) is 23.1. The van der Waals surface area contributed by atoms with E-state index in [0.717, 1.165) is 37.9 Å². The molecule has 2 aliphatic heterocycles. The molecule has 3 aromatic carbocycles. The third-order valence-electron chi connectivity index (χ3n) is 8.02. The predicted molar refractivity (Wildman–Crippen MR) is 135 cm³/mol. The van der Waals surface area contributed by atoms with Crippen LogP contribution in [0.1, 0.15) is 36.0 Å². The topological polar surface area (TPSA) is 32.8 Å². The molecule has 34 heavy (non-hydrogen) atoms. The van der Waals surface area contributed by atoms with Crippen molar-refractivity contribution in [3.8, 4) is 0 Å². The zero-order valence-corrected chi connectivity index (χ0v) is 19.4. The van der Waals surface area contributed by atoms with Gasteiger partial charge in [0.2, 0.25) is 0 Å². The minimum Gasteiger partial charge on any atom is -0.445 e. The van der Waals surface area contributed by atoms with E-state index in [-0.39, 0.29) is 17.6 Å². The number of anilines is 1. The summed E-state index contributed by atoms with van der Waals surface area (Å²) in [5.74, 6) is 0. The van der Waals surface area contributed by atoms with Gasteiger partial charge in [-0.2, -0.15) is 0 Å². The quantitative estimate of drug-likeness (QED) is 0.452. The van der Waals surface area contributed by atoms with Crippen molar-refractivity contribution in [2.75, 3.05) is 11.4 Å². The second-order valence-electron chi connectivity index (χ2n) is 9.84. The number of ether oxygens (including phenoxy) is 1. The van der Waals surface area contributed by atoms with Crippen molar-refractivity contribution < 1.29 is 9.53 Å². The summed E-state index contributed by atoms with van der Waals surface area (Å²) >= 11 is 0. The molecule has 1 aliphatic carbocycles. The fourth-order valence-corrected chi connectivity index (χ4v) is 6.56. The van der Waals surface area contributed by atoms with Crippen molar-refractivity contribution in [3.63, 3.8) is 0 Å². The Balaban J connectivity index is 1.33. The molecule has 1 amide bonds. The van der Waals surface area contributed by atoms with Gasteiger partial charge in [0.25, 0.3) is 0 Å². The van der Waals surface area contributed by atoms with Gasteiger partial charge >= 0.3 is 6.09 Å². The second-order valence-corrected chi connectivity index (χ2v) is 9.84. The van der Waals surface area contributed by atoms with Crippen LogP contribution in [0.15, 0.2) is 97.1 Å². The Labute approximate surface area is 201 Å². The number of rotatable bonds is 4. The molecule has 0 aromatic heterocycles. The molecule has 1 saturated carbocycles. The van der Waals surface area contributed by atoms with Crippen LogP contribution >= 0.6 is 0 Å². The molecule has 6 rings (SSSR count). The van der Waals surface area contributed by atoms with Crippen LogP contribution < -0.4 is 4.90 Å². The number of fused-ring (bicyclic) bond motifs is 1. The van der Waals surface area contributed by atoms with Gasteiger partial charge in [-0.3, -0.25) is 0 Å². The van der Waals surface area contributed by atoms with Crippen LogP contribution in [-0.4, -0.2) is 29.6 Å². The Morgan fingerprint density at radius 2 is 1.53 bits per heavy atom. The van der Waals surface area contributed by atoms with Crippen LogP contribution in [0.25, 0.3) is 0 Å². The highest BCUT2D eigenvalue weighted by Gasteiger charge is 2.62. The van der Waals surface area contributed by atoms with Crippen molar-refractivity contribution in [2.45, 2.75) is 49.9 Å². The highest BCUT2D eigenvalue weighted by atomic mass is 16.6. The van der Waals surface area contributed by atoms with Crippen LogP contribution in [0.4, 0.5) is 10.5 Å². The molecular weight excluding hydrogens is 420 g/mol. The van der Waals surface area contributed by atoms with Crippen LogP contribution in [0.2, 0.25) is 0 Å². The van der Waals surface area contributed by atoms with E-state index in [2.05, 4.69) is 66.1 Å². The zero-order valence-electron chi connectivity index (χ0n) is 19.4. The molecule has 172 valence electrons. The molecule has 2 heterocycles. The monoisotopic (exact) mass is 450 g/mol. The number of para-hydroxylation sites is 1. The third kappa shape index (κ3) is 3.32. The van der Waals surface area contributed by atoms with E-state index >= 15 is 0 Å². The minimum atomic E-state index is -0.210. The number of carbonyl (C=O) groups is 1. The van der Waals surface area contributed by atoms with Gasteiger partial charge in [0.15, 0.2) is 0 Å². The first-order valence-electron chi connectivity index (χ1n) is 12.2. The summed E-state index contributed by atoms with van der Waals surface area (Å²) in [6.07, 6.45) is 2.55. The number of hydrogen-bond donors (Lipinski definition) is 0. The van der Waals surface area contributed by atoms with Gasteiger partial charge in [0.1, 0.15) is 6.61 Å². The van der Waals surface area contributed by atoms with E-state index in [4.69, 9.17) is 4.74 Å². The van der Waals surface area contributed by atoms with Gasteiger partial charge in [0, 0.05) is 30.2 Å². The fraction of sp³-hybridized carbons (Fsp3) is 0.300. The van der Waals surface area contributed by atoms with E-state index < -0.39 is 0 Å². The molecule has 4 nitrogen and oxygen atoms in total. The van der Waals surface area contributed by atoms with Crippen molar-refractivity contribution in [1.82, 2.24) is 4.90 Å². The maximum Gasteiger partial charge on any atom is 0.410 e. The van der Waals surface area contributed by atoms with Gasteiger partial charge < -0.3 is 14.5 Å². The first-order chi connectivity index (χ1) is 16.7. The van der Waals surface area contributed by atoms with Crippen molar-refractivity contribution in [3.05, 3.63) is 114 Å². The smallest absolute Gasteiger partial charge is 0.410 e. The van der Waals surface area contributed by atoms with Crippen LogP contribution in [0.5, 0.6) is 0 Å². The summed E-state index contributed by atoms with van der Waals surface area (Å²) in [4.78, 5) is 17.9. The molecule has 0 unspecified atom stereocenters. The summed E-state index contributed by atoms with van der Waals surface area (Å²) in [6, 6.07) is 29.8. The minimum absolute atomic E-state index is 0.0731. The number of likely N-dealkylation sites (tertiary alicyclic amines) is 1. The van der Waals surface area contributed by atoms with Gasteiger partial charge in [0.05, 0.1) is 6.04 Å². The Kier molecular flexibility index (Phi) is 5.17. The van der Waals surface area contributed by atoms with Gasteiger partial charge in [-0.15, -0.1) is 0 Å². The van der Waals surface area contributed by atoms with E-state index in [1.54, 1.807) is 0 Å². The number of carbonyl (C=O) groups excluding carboxylic acids is 1. The molecule has 0 radical (unpaired) electrons. The SMILES string of the molecule is C=C1C[C@@H]2N(Cc3ccccc3)c3ccccc3[C@@]23CCN(C(=O)OCc2ccccc2)[C@@H]3C1. The Bertz CT molecular complexity index is 1210. The normalized spacial score (nSPS) is 25.0. The average molecular weight is 451 g/mol. The maximum absolute atomic E-state index is 13.3. The molecular formula is C30H30N2O2. The van der Waals surface area contributed by atoms with Crippen LogP contribution in [0.3, 0.4) is 0 Å². The molecule has 3 aromatic rings. The van der Waals surface area contributed by atoms with Gasteiger partial charge in [-0.25, -0.2) is 4.79 Å². The van der Waals surface area contributed by atoms with Crippen molar-refractivity contribution in [1.29, 1.82) is 0 Å². The average Bonchev–Trinajstić information content (AvgIpc) is 3.38. The summed E-state index contributed by atoms with van der Waals surface area (Å²) in [6.45, 7) is 6.30. The fourth-order valence-electron chi connectivity index (χ4n) is 6.56. The summed E-state index contributed by atoms with van der Waals surface area (Å²) in [5, 5.41) is 0. The van der Waals surface area contributed by atoms with E-state index in [0.29, 0.717) is 12.6 Å². The first kappa shape index (κ1) is 21.0. The van der Waals surface area contributed by atoms with Crippen LogP contribution in [-0.2, 0) is 23.3 Å². The lowest BCUT2D eigenvalue weighted by Crippen LogP contribution is -2.56. The Morgan fingerprint density at radius 3 is 2.29 bits per heavy atom. The van der Waals surface area contributed by atoms with Gasteiger partial charge in [-0.1, -0.05) is 91.0 Å². The van der Waals surface area contributed by atoms with E-state index in [9.17, 15) is 4.79 Å². The highest BCUT2D eigenvalue weighted by Crippen LogP contribution is 2.59. The maximum atomic E-state index is 13.3. The van der Waals surface area contributed by atoms with Crippen molar-refractivity contribution in [2.24, 2.45) is 0 Å². The molecule has 4 heteroatoms. The van der Waals surface area contributed by atoms with E-state index in [1.807, 2.05) is 35.2 Å². The second kappa shape index (κ2) is 8.35. The summed E-state index contributed by atoms with van der Waals surface area (Å²) in [5.41, 5.74) is 6.13. The molecule has 2 fully saturated rings. The largest absolute Gasteiger partial charge is 0.445 e. The molecule has 1 saturated heterocycles. The Hall–Kier alpha value is -3.53.